The lowest BCUT2D eigenvalue weighted by Crippen LogP contribution is -1.91. The van der Waals surface area contributed by atoms with Gasteiger partial charge in [0.05, 0.1) is 20.6 Å². The van der Waals surface area contributed by atoms with E-state index in [1.165, 1.54) is 11.3 Å². The molecule has 0 aliphatic heterocycles. The van der Waals surface area contributed by atoms with Crippen molar-refractivity contribution in [3.8, 4) is 5.75 Å². The van der Waals surface area contributed by atoms with Crippen molar-refractivity contribution in [1.82, 2.24) is 0 Å². The van der Waals surface area contributed by atoms with E-state index in [0.717, 1.165) is 16.9 Å². The molecule has 1 aromatic heterocycles. The van der Waals surface area contributed by atoms with Crippen LogP contribution in [0.1, 0.15) is 16.0 Å². The maximum Gasteiger partial charge on any atom is 0.118 e. The van der Waals surface area contributed by atoms with E-state index in [1.54, 1.807) is 7.11 Å². The predicted molar refractivity (Wildman–Crippen MR) is 78.1 cm³/mol. The van der Waals surface area contributed by atoms with Gasteiger partial charge in [-0.2, -0.15) is 0 Å². The van der Waals surface area contributed by atoms with E-state index in [0.29, 0.717) is 8.67 Å². The predicted octanol–water partition coefficient (Wildman–Crippen LogP) is 5.55. The number of ether oxygens (including phenoxy) is 1. The lowest BCUT2D eigenvalue weighted by atomic mass is 10.1. The molecule has 0 saturated carbocycles. The molecule has 5 heteroatoms. The normalized spacial score (nSPS) is 12.5. The van der Waals surface area contributed by atoms with Gasteiger partial charge in [-0.25, -0.2) is 0 Å². The lowest BCUT2D eigenvalue weighted by Gasteiger charge is -2.10. The van der Waals surface area contributed by atoms with Crippen molar-refractivity contribution >= 4 is 50.5 Å². The van der Waals surface area contributed by atoms with Gasteiger partial charge < -0.3 is 4.74 Å². The zero-order valence-electron chi connectivity index (χ0n) is 8.91. The summed E-state index contributed by atoms with van der Waals surface area (Å²) in [4.78, 5) is 0.0460. The molecule has 1 unspecified atom stereocenters. The van der Waals surface area contributed by atoms with Crippen LogP contribution in [-0.2, 0) is 0 Å². The Morgan fingerprint density at radius 3 is 2.35 bits per heavy atom. The van der Waals surface area contributed by atoms with Crippen LogP contribution in [0.5, 0.6) is 5.75 Å². The third kappa shape index (κ3) is 2.97. The average molecular weight is 352 g/mol. The van der Waals surface area contributed by atoms with E-state index in [9.17, 15) is 0 Å². The summed E-state index contributed by atoms with van der Waals surface area (Å²) in [6, 6.07) is 9.73. The zero-order chi connectivity index (χ0) is 12.4. The van der Waals surface area contributed by atoms with Crippen molar-refractivity contribution in [1.29, 1.82) is 0 Å². The summed E-state index contributed by atoms with van der Waals surface area (Å²) >= 11 is 17.1. The van der Waals surface area contributed by atoms with Crippen LogP contribution >= 0.6 is 50.5 Å². The molecular weight excluding hydrogens is 343 g/mol. The summed E-state index contributed by atoms with van der Waals surface area (Å²) in [5.41, 5.74) is 2.11. The molecule has 0 bridgehead atoms. The molecule has 0 radical (unpaired) electrons. The molecule has 0 spiro atoms. The molecule has 17 heavy (non-hydrogen) atoms. The van der Waals surface area contributed by atoms with Gasteiger partial charge in [0.15, 0.2) is 0 Å². The summed E-state index contributed by atoms with van der Waals surface area (Å²) in [5.74, 6) is 0.836. The highest BCUT2D eigenvalue weighted by Crippen LogP contribution is 2.41. The fourth-order valence-electron chi connectivity index (χ4n) is 1.48. The van der Waals surface area contributed by atoms with Crippen molar-refractivity contribution in [2.45, 2.75) is 4.83 Å². The van der Waals surface area contributed by atoms with Crippen LogP contribution < -0.4 is 4.74 Å². The topological polar surface area (TPSA) is 9.23 Å². The van der Waals surface area contributed by atoms with Crippen LogP contribution in [0.25, 0.3) is 0 Å². The maximum atomic E-state index is 6.13. The first kappa shape index (κ1) is 13.2. The molecule has 1 nitrogen and oxygen atoms in total. The minimum absolute atomic E-state index is 0.0460. The summed E-state index contributed by atoms with van der Waals surface area (Å²) in [7, 11) is 1.65. The Morgan fingerprint density at radius 1 is 1.24 bits per heavy atom. The second-order valence-corrected chi connectivity index (χ2v) is 6.62. The molecule has 0 N–H and O–H groups in total. The highest BCUT2D eigenvalue weighted by Gasteiger charge is 2.16. The van der Waals surface area contributed by atoms with Crippen LogP contribution in [0, 0.1) is 0 Å². The molecule has 0 saturated heterocycles. The number of benzene rings is 1. The van der Waals surface area contributed by atoms with Gasteiger partial charge in [0.25, 0.3) is 0 Å². The fourth-order valence-corrected chi connectivity index (χ4v) is 3.96. The van der Waals surface area contributed by atoms with Crippen LogP contribution in [0.3, 0.4) is 0 Å². The largest absolute Gasteiger partial charge is 0.497 e. The Morgan fingerprint density at radius 2 is 1.88 bits per heavy atom. The smallest absolute Gasteiger partial charge is 0.118 e. The third-order valence-electron chi connectivity index (χ3n) is 2.36. The fraction of sp³-hybridized carbons (Fsp3) is 0.167. The van der Waals surface area contributed by atoms with Gasteiger partial charge in [0, 0.05) is 5.56 Å². The molecule has 0 amide bonds. The number of alkyl halides is 1. The molecule has 0 aliphatic carbocycles. The van der Waals surface area contributed by atoms with Crippen LogP contribution in [0.4, 0.5) is 0 Å². The first-order valence-corrected chi connectivity index (χ1v) is 7.33. The number of methoxy groups -OCH3 is 1. The van der Waals surface area contributed by atoms with Gasteiger partial charge in [-0.15, -0.1) is 11.3 Å². The molecule has 1 heterocycles. The Labute approximate surface area is 122 Å². The number of thiophene rings is 1. The number of hydrogen-bond donors (Lipinski definition) is 0. The van der Waals surface area contributed by atoms with E-state index >= 15 is 0 Å². The average Bonchev–Trinajstić information content (AvgIpc) is 2.68. The first-order chi connectivity index (χ1) is 8.11. The number of hydrogen-bond acceptors (Lipinski definition) is 2. The van der Waals surface area contributed by atoms with Crippen LogP contribution in [0.2, 0.25) is 8.67 Å². The summed E-state index contributed by atoms with van der Waals surface area (Å²) in [6.45, 7) is 0. The SMILES string of the molecule is COc1ccc(C(Br)c2cc(Cl)sc2Cl)cc1. The number of rotatable bonds is 3. The molecule has 2 aromatic rings. The van der Waals surface area contributed by atoms with Gasteiger partial charge in [0.1, 0.15) is 5.75 Å². The van der Waals surface area contributed by atoms with E-state index in [1.807, 2.05) is 30.3 Å². The van der Waals surface area contributed by atoms with Crippen molar-refractivity contribution in [3.63, 3.8) is 0 Å². The molecule has 1 atom stereocenters. The minimum atomic E-state index is 0.0460. The molecule has 0 fully saturated rings. The third-order valence-corrected chi connectivity index (χ3v) is 4.90. The van der Waals surface area contributed by atoms with Gasteiger partial charge in [-0.05, 0) is 23.8 Å². The van der Waals surface area contributed by atoms with Crippen molar-refractivity contribution < 1.29 is 4.74 Å². The Bertz CT molecular complexity index is 510. The highest BCUT2D eigenvalue weighted by molar-refractivity contribution is 9.09. The monoisotopic (exact) mass is 350 g/mol. The van der Waals surface area contributed by atoms with E-state index < -0.39 is 0 Å². The Balaban J connectivity index is 2.30. The van der Waals surface area contributed by atoms with Gasteiger partial charge >= 0.3 is 0 Å². The summed E-state index contributed by atoms with van der Waals surface area (Å²) in [5, 5.41) is 0. The van der Waals surface area contributed by atoms with Crippen molar-refractivity contribution in [3.05, 3.63) is 50.1 Å². The Kier molecular flexibility index (Phi) is 4.36. The summed E-state index contributed by atoms with van der Waals surface area (Å²) in [6.07, 6.45) is 0. The van der Waals surface area contributed by atoms with E-state index in [-0.39, 0.29) is 4.83 Å². The molecule has 90 valence electrons. The molecule has 0 aliphatic rings. The van der Waals surface area contributed by atoms with E-state index in [2.05, 4.69) is 15.9 Å². The van der Waals surface area contributed by atoms with Crippen LogP contribution in [-0.4, -0.2) is 7.11 Å². The standard InChI is InChI=1S/C12H9BrCl2OS/c1-16-8-4-2-7(3-5-8)11(13)9-6-10(14)17-12(9)15/h2-6,11H,1H3. The quantitative estimate of drug-likeness (QED) is 0.659. The van der Waals surface area contributed by atoms with Gasteiger partial charge in [-0.3, -0.25) is 0 Å². The second kappa shape index (κ2) is 5.61. The molecular formula is C12H9BrCl2OS. The second-order valence-electron chi connectivity index (χ2n) is 3.42. The van der Waals surface area contributed by atoms with E-state index in [4.69, 9.17) is 27.9 Å². The van der Waals surface area contributed by atoms with Crippen molar-refractivity contribution in [2.24, 2.45) is 0 Å². The minimum Gasteiger partial charge on any atom is -0.497 e. The lowest BCUT2D eigenvalue weighted by molar-refractivity contribution is 0.414. The molecule has 2 rings (SSSR count). The summed E-state index contributed by atoms with van der Waals surface area (Å²) < 4.78 is 6.53. The van der Waals surface area contributed by atoms with Crippen molar-refractivity contribution in [2.75, 3.05) is 7.11 Å². The van der Waals surface area contributed by atoms with Gasteiger partial charge in [-0.1, -0.05) is 51.3 Å². The molecule has 1 aromatic carbocycles. The highest BCUT2D eigenvalue weighted by atomic mass is 79.9. The zero-order valence-corrected chi connectivity index (χ0v) is 12.8. The number of halogens is 3. The van der Waals surface area contributed by atoms with Crippen LogP contribution in [0.15, 0.2) is 30.3 Å². The van der Waals surface area contributed by atoms with Gasteiger partial charge in [0.2, 0.25) is 0 Å². The Hall–Kier alpha value is -0.220. The first-order valence-electron chi connectivity index (χ1n) is 4.84. The maximum absolute atomic E-state index is 6.13.